The molecule has 1 amide bonds. The Balaban J connectivity index is 2.63. The monoisotopic (exact) mass is 258 g/mol. The van der Waals surface area contributed by atoms with E-state index >= 15 is 0 Å². The van der Waals surface area contributed by atoms with E-state index in [2.05, 4.69) is 5.32 Å². The summed E-state index contributed by atoms with van der Waals surface area (Å²) in [6.07, 6.45) is 0.740. The lowest BCUT2D eigenvalue weighted by atomic mass is 10.2. The number of amides is 1. The Hall–Kier alpha value is -1.83. The van der Waals surface area contributed by atoms with Crippen molar-refractivity contribution in [2.75, 3.05) is 7.05 Å². The normalized spacial score (nSPS) is 11.8. The van der Waals surface area contributed by atoms with E-state index in [9.17, 15) is 19.7 Å². The van der Waals surface area contributed by atoms with Crippen LogP contribution in [0.3, 0.4) is 0 Å². The average molecular weight is 258 g/mol. The van der Waals surface area contributed by atoms with E-state index in [0.717, 1.165) is 11.8 Å². The number of nitrogens with one attached hydrogen (secondary N) is 1. The molecule has 92 valence electrons. The predicted molar refractivity (Wildman–Crippen MR) is 61.0 cm³/mol. The van der Waals surface area contributed by atoms with Gasteiger partial charge in [0.15, 0.2) is 0 Å². The quantitative estimate of drug-likeness (QED) is 0.486. The molecule has 17 heavy (non-hydrogen) atoms. The molecule has 0 spiro atoms. The maximum Gasteiger partial charge on any atom is 0.433 e. The molecule has 8 heteroatoms. The third-order valence-corrected chi connectivity index (χ3v) is 2.84. The van der Waals surface area contributed by atoms with Crippen molar-refractivity contribution < 1.29 is 18.9 Å². The number of hydrogen-bond donors (Lipinski definition) is 1. The maximum absolute atomic E-state index is 11.0. The van der Waals surface area contributed by atoms with Gasteiger partial charge in [-0.3, -0.25) is 14.9 Å². The van der Waals surface area contributed by atoms with Gasteiger partial charge in [-0.1, -0.05) is 11.8 Å². The van der Waals surface area contributed by atoms with Gasteiger partial charge in [0.05, 0.1) is 11.3 Å². The lowest BCUT2D eigenvalue weighted by Crippen LogP contribution is -2.18. The average Bonchev–Trinajstić information content (AvgIpc) is 2.76. The molecule has 1 aromatic heterocycles. The van der Waals surface area contributed by atoms with Crippen LogP contribution < -0.4 is 5.32 Å². The van der Waals surface area contributed by atoms with Crippen LogP contribution >= 0.6 is 11.8 Å². The van der Waals surface area contributed by atoms with Crippen LogP contribution in [0.1, 0.15) is 5.76 Å². The second kappa shape index (κ2) is 6.04. The lowest BCUT2D eigenvalue weighted by molar-refractivity contribution is -0.402. The molecule has 1 heterocycles. The first-order chi connectivity index (χ1) is 8.06. The van der Waals surface area contributed by atoms with Gasteiger partial charge in [-0.25, -0.2) is 0 Å². The number of thioether (sulfide) groups is 1. The van der Waals surface area contributed by atoms with Gasteiger partial charge in [0.25, 0.3) is 5.24 Å². The van der Waals surface area contributed by atoms with Gasteiger partial charge in [-0.05, 0) is 6.07 Å². The largest absolute Gasteiger partial charge is 0.433 e. The summed E-state index contributed by atoms with van der Waals surface area (Å²) in [7, 11) is 1.45. The summed E-state index contributed by atoms with van der Waals surface area (Å²) in [4.78, 5) is 31.5. The van der Waals surface area contributed by atoms with E-state index in [-0.39, 0.29) is 17.5 Å². The number of carbonyl (C=O) groups is 2. The zero-order valence-corrected chi connectivity index (χ0v) is 9.73. The Morgan fingerprint density at radius 2 is 2.41 bits per heavy atom. The predicted octanol–water partition coefficient (Wildman–Crippen LogP) is 1.37. The van der Waals surface area contributed by atoms with Gasteiger partial charge >= 0.3 is 5.88 Å². The molecule has 1 rings (SSSR count). The summed E-state index contributed by atoms with van der Waals surface area (Å²) in [5, 5.41) is 11.8. The van der Waals surface area contributed by atoms with Crippen molar-refractivity contribution in [2.45, 2.75) is 11.7 Å². The molecule has 0 saturated heterocycles. The highest BCUT2D eigenvalue weighted by atomic mass is 32.2. The Kier molecular flexibility index (Phi) is 4.70. The van der Waals surface area contributed by atoms with Gasteiger partial charge in [0.2, 0.25) is 0 Å². The molecule has 1 N–H and O–H groups in total. The first-order valence-electron chi connectivity index (χ1n) is 4.63. The summed E-state index contributed by atoms with van der Waals surface area (Å²) >= 11 is 0.809. The second-order valence-electron chi connectivity index (χ2n) is 3.03. The Labute approximate surface area is 101 Å². The summed E-state index contributed by atoms with van der Waals surface area (Å²) in [6.45, 7) is 0. The first kappa shape index (κ1) is 13.2. The fourth-order valence-electron chi connectivity index (χ4n) is 1.09. The van der Waals surface area contributed by atoms with Crippen molar-refractivity contribution in [3.8, 4) is 0 Å². The van der Waals surface area contributed by atoms with Crippen LogP contribution in [0, 0.1) is 10.1 Å². The van der Waals surface area contributed by atoms with Crippen LogP contribution in [-0.4, -0.2) is 28.7 Å². The van der Waals surface area contributed by atoms with Crippen molar-refractivity contribution in [3.05, 3.63) is 28.0 Å². The van der Waals surface area contributed by atoms with Crippen LogP contribution in [0.5, 0.6) is 0 Å². The van der Waals surface area contributed by atoms with Crippen LogP contribution in [0.25, 0.3) is 0 Å². The minimum Gasteiger partial charge on any atom is -0.406 e. The smallest absolute Gasteiger partial charge is 0.406 e. The second-order valence-corrected chi connectivity index (χ2v) is 4.24. The van der Waals surface area contributed by atoms with Gasteiger partial charge < -0.3 is 14.5 Å². The number of rotatable bonds is 5. The molecule has 7 nitrogen and oxygen atoms in total. The Morgan fingerprint density at radius 3 is 2.88 bits per heavy atom. The molecule has 0 fully saturated rings. The molecule has 0 aromatic carbocycles. The minimum absolute atomic E-state index is 0.134. The van der Waals surface area contributed by atoms with E-state index in [1.165, 1.54) is 19.2 Å². The topological polar surface area (TPSA) is 102 Å². The van der Waals surface area contributed by atoms with E-state index in [1.54, 1.807) is 0 Å². The highest BCUT2D eigenvalue weighted by Crippen LogP contribution is 2.20. The van der Waals surface area contributed by atoms with Gasteiger partial charge in [-0.2, -0.15) is 0 Å². The molecule has 0 aliphatic heterocycles. The van der Waals surface area contributed by atoms with Crippen molar-refractivity contribution in [2.24, 2.45) is 0 Å². The SMILES string of the molecule is CNC(=O)SC(C=O)Cc1ccc([N+](=O)[O-])o1. The molecule has 0 aliphatic rings. The van der Waals surface area contributed by atoms with E-state index in [4.69, 9.17) is 4.42 Å². The van der Waals surface area contributed by atoms with Crippen molar-refractivity contribution in [1.29, 1.82) is 0 Å². The molecule has 1 aromatic rings. The van der Waals surface area contributed by atoms with E-state index in [1.807, 2.05) is 0 Å². The molecule has 0 bridgehead atoms. The highest BCUT2D eigenvalue weighted by Gasteiger charge is 2.18. The summed E-state index contributed by atoms with van der Waals surface area (Å²) in [5.41, 5.74) is 0. The van der Waals surface area contributed by atoms with Crippen LogP contribution in [0.4, 0.5) is 10.7 Å². The Bertz CT molecular complexity index is 431. The van der Waals surface area contributed by atoms with E-state index < -0.39 is 10.2 Å². The molecule has 0 radical (unpaired) electrons. The summed E-state index contributed by atoms with van der Waals surface area (Å²) in [6, 6.07) is 2.63. The summed E-state index contributed by atoms with van der Waals surface area (Å²) in [5.74, 6) is -0.0835. The van der Waals surface area contributed by atoms with Crippen molar-refractivity contribution >= 4 is 29.2 Å². The standard InChI is InChI=1S/C9H10N2O5S/c1-10-9(13)17-7(5-12)4-6-2-3-8(16-6)11(14)15/h2-3,5,7H,4H2,1H3,(H,10,13). The third kappa shape index (κ3) is 3.91. The van der Waals surface area contributed by atoms with Gasteiger partial charge in [0, 0.05) is 13.5 Å². The van der Waals surface area contributed by atoms with Crippen molar-refractivity contribution in [1.82, 2.24) is 5.32 Å². The van der Waals surface area contributed by atoms with Crippen LogP contribution in [0.15, 0.2) is 16.5 Å². The molecule has 1 atom stereocenters. The lowest BCUT2D eigenvalue weighted by Gasteiger charge is -2.05. The van der Waals surface area contributed by atoms with E-state index in [0.29, 0.717) is 12.0 Å². The number of nitro groups is 1. The van der Waals surface area contributed by atoms with Gasteiger partial charge in [0.1, 0.15) is 17.0 Å². The zero-order valence-electron chi connectivity index (χ0n) is 8.91. The molecule has 1 unspecified atom stereocenters. The maximum atomic E-state index is 11.0. The van der Waals surface area contributed by atoms with Gasteiger partial charge in [-0.15, -0.1) is 0 Å². The number of furan rings is 1. The minimum atomic E-state index is -0.661. The molecule has 0 aliphatic carbocycles. The van der Waals surface area contributed by atoms with Crippen LogP contribution in [-0.2, 0) is 11.2 Å². The first-order valence-corrected chi connectivity index (χ1v) is 5.51. The number of carbonyl (C=O) groups excluding carboxylic acids is 2. The Morgan fingerprint density at radius 1 is 1.71 bits per heavy atom. The highest BCUT2D eigenvalue weighted by molar-refractivity contribution is 8.14. The number of nitrogens with zero attached hydrogens (tertiary/aromatic N) is 1. The van der Waals surface area contributed by atoms with Crippen LogP contribution in [0.2, 0.25) is 0 Å². The number of aldehydes is 1. The fraction of sp³-hybridized carbons (Fsp3) is 0.333. The number of hydrogen-bond acceptors (Lipinski definition) is 6. The fourth-order valence-corrected chi connectivity index (χ4v) is 1.78. The summed E-state index contributed by atoms with van der Waals surface area (Å²) < 4.78 is 4.89. The van der Waals surface area contributed by atoms with Crippen molar-refractivity contribution in [3.63, 3.8) is 0 Å². The molecular weight excluding hydrogens is 248 g/mol. The zero-order chi connectivity index (χ0) is 12.8. The third-order valence-electron chi connectivity index (χ3n) is 1.84. The molecule has 0 saturated carbocycles. The molecular formula is C9H10N2O5S.